The lowest BCUT2D eigenvalue weighted by atomic mass is 9.95. The lowest BCUT2D eigenvalue weighted by Crippen LogP contribution is -2.59. The number of aliphatic hydroxyl groups excluding tert-OH is 2. The van der Waals surface area contributed by atoms with Crippen LogP contribution in [0.5, 0.6) is 0 Å². The number of nitrogens with one attached hydrogen (secondary N) is 5. The molecule has 7 N–H and O–H groups in total. The molecule has 0 heterocycles. The zero-order valence-corrected chi connectivity index (χ0v) is 30.4. The molecular formula is C34H63N5O8. The van der Waals surface area contributed by atoms with Crippen LogP contribution in [-0.4, -0.2) is 88.5 Å². The number of amides is 5. The molecule has 5 amide bonds. The topological polar surface area (TPSA) is 203 Å². The summed E-state index contributed by atoms with van der Waals surface area (Å²) in [6.07, 6.45) is -1.31. The minimum Gasteiger partial charge on any atom is -0.391 e. The summed E-state index contributed by atoms with van der Waals surface area (Å²) in [6, 6.07) is -4.33. The van der Waals surface area contributed by atoms with E-state index in [1.54, 1.807) is 27.7 Å². The Balaban J connectivity index is 5.58. The van der Waals surface area contributed by atoms with Crippen LogP contribution in [0.3, 0.4) is 0 Å². The largest absolute Gasteiger partial charge is 0.391 e. The molecule has 0 aliphatic carbocycles. The van der Waals surface area contributed by atoms with E-state index in [0.29, 0.717) is 19.1 Å². The highest BCUT2D eigenvalue weighted by molar-refractivity contribution is 5.92. The zero-order chi connectivity index (χ0) is 36.6. The molecule has 7 atom stereocenters. The summed E-state index contributed by atoms with van der Waals surface area (Å²) in [6.45, 7) is 20.1. The summed E-state index contributed by atoms with van der Waals surface area (Å²) in [5.74, 6) is -2.74. The van der Waals surface area contributed by atoms with Crippen molar-refractivity contribution >= 4 is 35.8 Å². The monoisotopic (exact) mass is 669 g/mol. The summed E-state index contributed by atoms with van der Waals surface area (Å²) in [5, 5.41) is 35.0. The van der Waals surface area contributed by atoms with Crippen molar-refractivity contribution in [3.63, 3.8) is 0 Å². The van der Waals surface area contributed by atoms with Gasteiger partial charge in [-0.25, -0.2) is 0 Å². The molecule has 47 heavy (non-hydrogen) atoms. The fourth-order valence-electron chi connectivity index (χ4n) is 5.10. The van der Waals surface area contributed by atoms with E-state index < -0.39 is 72.5 Å². The third-order valence-electron chi connectivity index (χ3n) is 7.64. The highest BCUT2D eigenvalue weighted by Gasteiger charge is 2.33. The van der Waals surface area contributed by atoms with Crippen LogP contribution in [0.15, 0.2) is 0 Å². The summed E-state index contributed by atoms with van der Waals surface area (Å²) >= 11 is 0. The second-order valence-corrected chi connectivity index (χ2v) is 14.6. The molecule has 0 spiro atoms. The minimum atomic E-state index is -1.30. The fraction of sp³-hybridized carbons (Fsp3) is 0.824. The Morgan fingerprint density at radius 2 is 0.957 bits per heavy atom. The van der Waals surface area contributed by atoms with Crippen molar-refractivity contribution in [3.8, 4) is 0 Å². The van der Waals surface area contributed by atoms with E-state index in [-0.39, 0.29) is 48.3 Å². The van der Waals surface area contributed by atoms with Gasteiger partial charge in [-0.15, -0.1) is 0 Å². The normalized spacial score (nSPS) is 16.2. The lowest BCUT2D eigenvalue weighted by molar-refractivity contribution is -0.134. The Kier molecular flexibility index (Phi) is 20.3. The molecule has 0 saturated carbocycles. The Labute approximate surface area is 281 Å². The maximum absolute atomic E-state index is 13.5. The molecule has 0 aliphatic heterocycles. The number of aldehydes is 1. The molecule has 0 aromatic heterocycles. The SMILES string of the molecule is CC(C)CC(=O)N[C@@H](C(=O)N[C@H](C(=O)N[C@H](CC(C)C)[C@H](O)CC(=O)N[C@H](C)C(=O)N[C@H](CC(C)C)[C@H](O)CC=O)C(C)C)C(C)C. The first-order valence-electron chi connectivity index (χ1n) is 17.0. The maximum atomic E-state index is 13.5. The van der Waals surface area contributed by atoms with Crippen molar-refractivity contribution in [1.29, 1.82) is 0 Å². The summed E-state index contributed by atoms with van der Waals surface area (Å²) in [5.41, 5.74) is 0. The average Bonchev–Trinajstić information content (AvgIpc) is 2.92. The highest BCUT2D eigenvalue weighted by Crippen LogP contribution is 2.15. The van der Waals surface area contributed by atoms with E-state index in [0.717, 1.165) is 0 Å². The van der Waals surface area contributed by atoms with Crippen molar-refractivity contribution in [2.75, 3.05) is 0 Å². The predicted octanol–water partition coefficient (Wildman–Crippen LogP) is 1.58. The molecule has 0 saturated heterocycles. The van der Waals surface area contributed by atoms with Gasteiger partial charge in [0.2, 0.25) is 29.5 Å². The number of aliphatic hydroxyl groups is 2. The second-order valence-electron chi connectivity index (χ2n) is 14.6. The van der Waals surface area contributed by atoms with Gasteiger partial charge in [-0.2, -0.15) is 0 Å². The number of hydrogen-bond donors (Lipinski definition) is 7. The van der Waals surface area contributed by atoms with Crippen LogP contribution in [0.4, 0.5) is 0 Å². The number of hydrogen-bond acceptors (Lipinski definition) is 8. The molecule has 13 nitrogen and oxygen atoms in total. The van der Waals surface area contributed by atoms with Crippen LogP contribution >= 0.6 is 0 Å². The molecule has 272 valence electrons. The van der Waals surface area contributed by atoms with E-state index in [1.807, 2.05) is 41.5 Å². The molecule has 13 heteroatoms. The Bertz CT molecular complexity index is 1020. The van der Waals surface area contributed by atoms with E-state index in [9.17, 15) is 39.0 Å². The van der Waals surface area contributed by atoms with Crippen molar-refractivity contribution in [2.24, 2.45) is 29.6 Å². The van der Waals surface area contributed by atoms with Gasteiger partial charge in [0.1, 0.15) is 24.4 Å². The lowest BCUT2D eigenvalue weighted by Gasteiger charge is -2.31. The van der Waals surface area contributed by atoms with Crippen molar-refractivity contribution < 1.29 is 39.0 Å². The van der Waals surface area contributed by atoms with Crippen LogP contribution in [0, 0.1) is 29.6 Å². The molecule has 0 fully saturated rings. The molecule has 0 aliphatic rings. The third kappa shape index (κ3) is 17.6. The molecule has 0 aromatic rings. The third-order valence-corrected chi connectivity index (χ3v) is 7.64. The zero-order valence-electron chi connectivity index (χ0n) is 30.4. The van der Waals surface area contributed by atoms with Crippen LogP contribution in [-0.2, 0) is 28.8 Å². The first kappa shape index (κ1) is 43.9. The highest BCUT2D eigenvalue weighted by atomic mass is 16.3. The molecule has 0 bridgehead atoms. The first-order chi connectivity index (χ1) is 21.7. The Hall–Kier alpha value is -3.06. The molecule has 0 rings (SSSR count). The fourth-order valence-corrected chi connectivity index (χ4v) is 5.10. The van der Waals surface area contributed by atoms with Gasteiger partial charge in [0.05, 0.1) is 30.7 Å². The molecular weight excluding hydrogens is 606 g/mol. The second kappa shape index (κ2) is 21.7. The number of rotatable bonds is 22. The van der Waals surface area contributed by atoms with Gasteiger partial charge in [0.25, 0.3) is 0 Å². The molecule has 0 unspecified atom stereocenters. The van der Waals surface area contributed by atoms with E-state index >= 15 is 0 Å². The minimum absolute atomic E-state index is 0.0342. The Morgan fingerprint density at radius 1 is 0.532 bits per heavy atom. The van der Waals surface area contributed by atoms with Crippen LogP contribution < -0.4 is 26.6 Å². The van der Waals surface area contributed by atoms with Gasteiger partial charge in [-0.1, -0.05) is 69.2 Å². The van der Waals surface area contributed by atoms with Crippen molar-refractivity contribution in [2.45, 2.75) is 151 Å². The van der Waals surface area contributed by atoms with Gasteiger partial charge < -0.3 is 41.6 Å². The van der Waals surface area contributed by atoms with E-state index in [4.69, 9.17) is 0 Å². The van der Waals surface area contributed by atoms with Gasteiger partial charge in [0.15, 0.2) is 0 Å². The standard InChI is InChI=1S/C34H63N5O8/c1-18(2)14-24(26(41)12-13-40)36-32(45)23(11)35-29(44)17-27(42)25(15-19(3)4)37-33(46)31(22(9)10)39-34(47)30(21(7)8)38-28(43)16-20(5)6/h13,18-27,30-31,41-42H,12,14-17H2,1-11H3,(H,35,44)(H,36,45)(H,37,46)(H,38,43)(H,39,47)/t23-,24-,25-,26-,27-,30-,31+/m1/s1. The first-order valence-corrected chi connectivity index (χ1v) is 17.0. The maximum Gasteiger partial charge on any atom is 0.243 e. The summed E-state index contributed by atoms with van der Waals surface area (Å²) in [7, 11) is 0. The quantitative estimate of drug-likeness (QED) is 0.0842. The average molecular weight is 670 g/mol. The smallest absolute Gasteiger partial charge is 0.243 e. The van der Waals surface area contributed by atoms with E-state index in [1.165, 1.54) is 6.92 Å². The van der Waals surface area contributed by atoms with Gasteiger partial charge in [-0.3, -0.25) is 24.0 Å². The van der Waals surface area contributed by atoms with Crippen LogP contribution in [0.1, 0.15) is 108 Å². The number of carbonyl (C=O) groups excluding carboxylic acids is 6. The molecule has 0 aromatic carbocycles. The van der Waals surface area contributed by atoms with Crippen LogP contribution in [0.2, 0.25) is 0 Å². The Morgan fingerprint density at radius 3 is 1.40 bits per heavy atom. The molecule has 0 radical (unpaired) electrons. The van der Waals surface area contributed by atoms with Gasteiger partial charge >= 0.3 is 0 Å². The van der Waals surface area contributed by atoms with Crippen LogP contribution in [0.25, 0.3) is 0 Å². The van der Waals surface area contributed by atoms with Gasteiger partial charge in [0, 0.05) is 12.8 Å². The van der Waals surface area contributed by atoms with Crippen molar-refractivity contribution in [3.05, 3.63) is 0 Å². The summed E-state index contributed by atoms with van der Waals surface area (Å²) in [4.78, 5) is 75.7. The summed E-state index contributed by atoms with van der Waals surface area (Å²) < 4.78 is 0. The predicted molar refractivity (Wildman–Crippen MR) is 181 cm³/mol. The van der Waals surface area contributed by atoms with Gasteiger partial charge in [-0.05, 0) is 49.4 Å². The number of carbonyl (C=O) groups is 6. The van der Waals surface area contributed by atoms with E-state index in [2.05, 4.69) is 26.6 Å². The van der Waals surface area contributed by atoms with Crippen molar-refractivity contribution in [1.82, 2.24) is 26.6 Å².